The number of carboxylic acid groups (broad SMARTS) is 1. The zero-order valence-electron chi connectivity index (χ0n) is 16.6. The lowest BCUT2D eigenvalue weighted by Crippen LogP contribution is -2.36. The minimum absolute atomic E-state index is 0.409. The third kappa shape index (κ3) is 7.21. The van der Waals surface area contributed by atoms with Crippen molar-refractivity contribution in [2.75, 3.05) is 0 Å². The van der Waals surface area contributed by atoms with Gasteiger partial charge in [-0.05, 0) is 49.9 Å². The van der Waals surface area contributed by atoms with Gasteiger partial charge in [-0.2, -0.15) is 0 Å². The molecular formula is C21H36O4. The minimum Gasteiger partial charge on any atom is -0.478 e. The molecule has 0 radical (unpaired) electrons. The van der Waals surface area contributed by atoms with Crippen molar-refractivity contribution in [2.45, 2.75) is 91.6 Å². The average Bonchev–Trinajstić information content (AvgIpc) is 2.53. The second-order valence-corrected chi connectivity index (χ2v) is 8.56. The zero-order valence-corrected chi connectivity index (χ0v) is 16.6. The van der Waals surface area contributed by atoms with Gasteiger partial charge >= 0.3 is 11.9 Å². The molecule has 0 spiro atoms. The van der Waals surface area contributed by atoms with Crippen molar-refractivity contribution in [2.24, 2.45) is 17.3 Å². The van der Waals surface area contributed by atoms with Crippen LogP contribution >= 0.6 is 0 Å². The summed E-state index contributed by atoms with van der Waals surface area (Å²) >= 11 is 0. The molecule has 0 aliphatic heterocycles. The van der Waals surface area contributed by atoms with Crippen LogP contribution < -0.4 is 0 Å². The number of carbonyl (C=O) groups excluding carboxylic acids is 1. The van der Waals surface area contributed by atoms with Crippen molar-refractivity contribution in [1.29, 1.82) is 0 Å². The number of carboxylic acids is 1. The lowest BCUT2D eigenvalue weighted by molar-refractivity contribution is -0.155. The lowest BCUT2D eigenvalue weighted by Gasteiger charge is -2.41. The summed E-state index contributed by atoms with van der Waals surface area (Å²) in [5.41, 5.74) is -0.0990. The van der Waals surface area contributed by atoms with E-state index < -0.39 is 17.5 Å². The highest BCUT2D eigenvalue weighted by Crippen LogP contribution is 2.44. The second-order valence-electron chi connectivity index (χ2n) is 8.56. The van der Waals surface area contributed by atoms with Crippen molar-refractivity contribution >= 4 is 11.9 Å². The van der Waals surface area contributed by atoms with Gasteiger partial charge in [-0.15, -0.1) is 0 Å². The number of hydrogen-bond acceptors (Lipinski definition) is 3. The summed E-state index contributed by atoms with van der Waals surface area (Å²) in [5.74, 6) is -0.325. The normalized spacial score (nSPS) is 24.0. The number of rotatable bonds is 9. The predicted molar refractivity (Wildman–Crippen MR) is 100 cm³/mol. The Bertz CT molecular complexity index is 472. The maximum atomic E-state index is 11.9. The van der Waals surface area contributed by atoms with E-state index in [0.717, 1.165) is 37.3 Å². The molecule has 0 amide bonds. The van der Waals surface area contributed by atoms with Crippen LogP contribution in [0.5, 0.6) is 0 Å². The number of hydrogen-bond donors (Lipinski definition) is 1. The molecule has 4 nitrogen and oxygen atoms in total. The third-order valence-corrected chi connectivity index (χ3v) is 6.07. The molecular weight excluding hydrogens is 316 g/mol. The molecule has 1 fully saturated rings. The van der Waals surface area contributed by atoms with Gasteiger partial charge in [-0.1, -0.05) is 53.4 Å². The van der Waals surface area contributed by atoms with Crippen LogP contribution in [0.2, 0.25) is 0 Å². The van der Waals surface area contributed by atoms with E-state index in [1.54, 1.807) is 0 Å². The van der Waals surface area contributed by atoms with Crippen molar-refractivity contribution < 1.29 is 19.4 Å². The number of ether oxygens (including phenoxy) is 1. The first-order valence-electron chi connectivity index (χ1n) is 9.76. The first-order valence-corrected chi connectivity index (χ1v) is 9.76. The molecule has 0 aromatic carbocycles. The van der Waals surface area contributed by atoms with E-state index in [1.807, 2.05) is 6.92 Å². The molecule has 25 heavy (non-hydrogen) atoms. The Morgan fingerprint density at radius 3 is 2.16 bits per heavy atom. The van der Waals surface area contributed by atoms with Crippen molar-refractivity contribution in [1.82, 2.24) is 0 Å². The van der Waals surface area contributed by atoms with Crippen LogP contribution in [0.4, 0.5) is 0 Å². The monoisotopic (exact) mass is 352 g/mol. The topological polar surface area (TPSA) is 63.6 Å². The van der Waals surface area contributed by atoms with Crippen LogP contribution in [-0.4, -0.2) is 22.6 Å². The van der Waals surface area contributed by atoms with Crippen LogP contribution in [-0.2, 0) is 14.3 Å². The van der Waals surface area contributed by atoms with E-state index in [4.69, 9.17) is 9.84 Å². The third-order valence-electron chi connectivity index (χ3n) is 6.07. The van der Waals surface area contributed by atoms with E-state index in [1.165, 1.54) is 32.1 Å². The highest BCUT2D eigenvalue weighted by atomic mass is 16.6. The van der Waals surface area contributed by atoms with Gasteiger partial charge in [0.25, 0.3) is 0 Å². The Hall–Kier alpha value is -1.32. The van der Waals surface area contributed by atoms with E-state index in [-0.39, 0.29) is 0 Å². The number of aliphatic carboxylic acids is 1. The van der Waals surface area contributed by atoms with Crippen LogP contribution in [0, 0.1) is 17.3 Å². The molecule has 1 aliphatic carbocycles. The van der Waals surface area contributed by atoms with Crippen LogP contribution in [0.3, 0.4) is 0 Å². The van der Waals surface area contributed by atoms with Crippen LogP contribution in [0.25, 0.3) is 0 Å². The van der Waals surface area contributed by atoms with Gasteiger partial charge in [0, 0.05) is 12.2 Å². The van der Waals surface area contributed by atoms with Crippen molar-refractivity contribution in [3.05, 3.63) is 12.2 Å². The maximum Gasteiger partial charge on any atom is 0.331 e. The fourth-order valence-electron chi connectivity index (χ4n) is 4.19. The van der Waals surface area contributed by atoms with Gasteiger partial charge in [0.15, 0.2) is 0 Å². The fourth-order valence-corrected chi connectivity index (χ4v) is 4.19. The molecule has 144 valence electrons. The molecule has 0 heterocycles. The Morgan fingerprint density at radius 2 is 1.68 bits per heavy atom. The van der Waals surface area contributed by atoms with Gasteiger partial charge < -0.3 is 9.84 Å². The average molecular weight is 353 g/mol. The first kappa shape index (κ1) is 21.7. The molecule has 1 atom stereocenters. The summed E-state index contributed by atoms with van der Waals surface area (Å²) in [6.45, 7) is 11.1. The molecule has 1 rings (SSSR count). The molecule has 0 aromatic heterocycles. The first-order chi connectivity index (χ1) is 11.6. The Morgan fingerprint density at radius 1 is 1.08 bits per heavy atom. The summed E-state index contributed by atoms with van der Waals surface area (Å²) < 4.78 is 5.66. The molecule has 0 aromatic rings. The molecule has 0 saturated heterocycles. The standard InChI is InChI=1S/C21H36O4/c1-6-14-21(5,25-19(24)13-12-18(22)23)15-16-8-10-17(11-9-16)20(3,4)7-2/h12-13,16-17H,6-11,14-15H2,1-5H3,(H,22,23)/b13-12+. The highest BCUT2D eigenvalue weighted by molar-refractivity contribution is 5.90. The van der Waals surface area contributed by atoms with E-state index in [9.17, 15) is 9.59 Å². The Kier molecular flexibility index (Phi) is 8.17. The molecule has 0 bridgehead atoms. The van der Waals surface area contributed by atoms with Gasteiger partial charge in [0.05, 0.1) is 0 Å². The number of carbonyl (C=O) groups is 2. The van der Waals surface area contributed by atoms with Crippen molar-refractivity contribution in [3.63, 3.8) is 0 Å². The van der Waals surface area contributed by atoms with Gasteiger partial charge in [-0.3, -0.25) is 0 Å². The highest BCUT2D eigenvalue weighted by Gasteiger charge is 2.36. The maximum absolute atomic E-state index is 11.9. The van der Waals surface area contributed by atoms with E-state index in [0.29, 0.717) is 11.3 Å². The predicted octanol–water partition coefficient (Wildman–Crippen LogP) is 5.36. The lowest BCUT2D eigenvalue weighted by atomic mass is 9.66. The van der Waals surface area contributed by atoms with Crippen LogP contribution in [0.15, 0.2) is 12.2 Å². The molecule has 1 unspecified atom stereocenters. The molecule has 1 N–H and O–H groups in total. The van der Waals surface area contributed by atoms with Gasteiger partial charge in [0.1, 0.15) is 5.60 Å². The SMILES string of the molecule is CCCC(C)(CC1CCC(C(C)(C)CC)CC1)OC(=O)/C=C/C(=O)O. The zero-order chi connectivity index (χ0) is 19.1. The quantitative estimate of drug-likeness (QED) is 0.448. The molecule has 4 heteroatoms. The fraction of sp³-hybridized carbons (Fsp3) is 0.810. The minimum atomic E-state index is -1.13. The largest absolute Gasteiger partial charge is 0.478 e. The van der Waals surface area contributed by atoms with Crippen molar-refractivity contribution in [3.8, 4) is 0 Å². The van der Waals surface area contributed by atoms with Crippen LogP contribution in [0.1, 0.15) is 86.0 Å². The van der Waals surface area contributed by atoms with Gasteiger partial charge in [-0.25, -0.2) is 9.59 Å². The summed E-state index contributed by atoms with van der Waals surface area (Å²) in [7, 11) is 0. The number of esters is 1. The smallest absolute Gasteiger partial charge is 0.331 e. The van der Waals surface area contributed by atoms with E-state index >= 15 is 0 Å². The summed E-state index contributed by atoms with van der Waals surface area (Å²) in [6.07, 6.45) is 10.6. The molecule has 1 saturated carbocycles. The van der Waals surface area contributed by atoms with E-state index in [2.05, 4.69) is 27.7 Å². The van der Waals surface area contributed by atoms with Gasteiger partial charge in [0.2, 0.25) is 0 Å². The summed E-state index contributed by atoms with van der Waals surface area (Å²) in [6, 6.07) is 0. The Balaban J connectivity index is 2.63. The Labute approximate surface area is 153 Å². The molecule has 1 aliphatic rings. The summed E-state index contributed by atoms with van der Waals surface area (Å²) in [4.78, 5) is 22.5. The second kappa shape index (κ2) is 9.40. The summed E-state index contributed by atoms with van der Waals surface area (Å²) in [5, 5.41) is 8.64.